The summed E-state index contributed by atoms with van der Waals surface area (Å²) < 4.78 is 52.1. The van der Waals surface area contributed by atoms with Crippen molar-refractivity contribution in [2.24, 2.45) is 0 Å². The van der Waals surface area contributed by atoms with E-state index in [1.54, 1.807) is 6.92 Å². The second-order valence-corrected chi connectivity index (χ2v) is 5.11. The average Bonchev–Trinajstić information content (AvgIpc) is 2.61. The van der Waals surface area contributed by atoms with E-state index in [1.807, 2.05) is 0 Å². The van der Waals surface area contributed by atoms with Gasteiger partial charge in [-0.25, -0.2) is 9.18 Å². The molecule has 0 heterocycles. The zero-order valence-corrected chi connectivity index (χ0v) is 14.2. The van der Waals surface area contributed by atoms with E-state index in [1.165, 1.54) is 30.3 Å². The number of anilines is 1. The maximum atomic E-state index is 13.1. The van der Waals surface area contributed by atoms with Crippen LogP contribution in [0.2, 0.25) is 0 Å². The third-order valence-corrected chi connectivity index (χ3v) is 3.14. The van der Waals surface area contributed by atoms with Gasteiger partial charge in [0.05, 0.1) is 12.2 Å². The van der Waals surface area contributed by atoms with Gasteiger partial charge < -0.3 is 19.5 Å². The van der Waals surface area contributed by atoms with Crippen LogP contribution in [-0.2, 0) is 9.53 Å². The molecule has 0 aliphatic rings. The van der Waals surface area contributed by atoms with Crippen molar-refractivity contribution in [3.8, 4) is 11.5 Å². The highest BCUT2D eigenvalue weighted by atomic mass is 19.3. The van der Waals surface area contributed by atoms with Crippen molar-refractivity contribution in [2.45, 2.75) is 13.5 Å². The summed E-state index contributed by atoms with van der Waals surface area (Å²) in [5, 5.41) is 2.37. The van der Waals surface area contributed by atoms with Gasteiger partial charge in [0.2, 0.25) is 0 Å². The molecule has 27 heavy (non-hydrogen) atoms. The summed E-state index contributed by atoms with van der Waals surface area (Å²) in [5.74, 6) is -2.35. The molecule has 2 aromatic carbocycles. The zero-order chi connectivity index (χ0) is 19.8. The molecule has 0 saturated heterocycles. The Morgan fingerprint density at radius 2 is 1.89 bits per heavy atom. The number of amides is 1. The van der Waals surface area contributed by atoms with E-state index in [4.69, 9.17) is 9.47 Å². The molecule has 0 atom stereocenters. The van der Waals surface area contributed by atoms with Gasteiger partial charge in [-0.3, -0.25) is 4.79 Å². The highest BCUT2D eigenvalue weighted by Crippen LogP contribution is 2.30. The lowest BCUT2D eigenvalue weighted by Gasteiger charge is -2.12. The van der Waals surface area contributed by atoms with Crippen LogP contribution >= 0.6 is 0 Å². The number of ether oxygens (including phenoxy) is 3. The summed E-state index contributed by atoms with van der Waals surface area (Å²) in [6.07, 6.45) is 0. The van der Waals surface area contributed by atoms with E-state index in [0.717, 1.165) is 12.1 Å². The molecule has 0 aliphatic carbocycles. The van der Waals surface area contributed by atoms with E-state index < -0.39 is 30.9 Å². The molecule has 2 aromatic rings. The Kier molecular flexibility index (Phi) is 7.04. The van der Waals surface area contributed by atoms with Crippen molar-refractivity contribution in [1.29, 1.82) is 0 Å². The van der Waals surface area contributed by atoms with Crippen LogP contribution in [0.3, 0.4) is 0 Å². The number of carbonyl (C=O) groups is 2. The smallest absolute Gasteiger partial charge is 0.387 e. The summed E-state index contributed by atoms with van der Waals surface area (Å²) in [5.41, 5.74) is 0.196. The summed E-state index contributed by atoms with van der Waals surface area (Å²) in [6, 6.07) is 8.72. The van der Waals surface area contributed by atoms with Crippen LogP contribution < -0.4 is 14.8 Å². The number of hydrogen-bond acceptors (Lipinski definition) is 5. The van der Waals surface area contributed by atoms with Crippen molar-refractivity contribution in [1.82, 2.24) is 0 Å². The largest absolute Gasteiger partial charge is 0.490 e. The molecule has 144 valence electrons. The third-order valence-electron chi connectivity index (χ3n) is 3.14. The quantitative estimate of drug-likeness (QED) is 0.705. The Morgan fingerprint density at radius 3 is 2.56 bits per heavy atom. The molecule has 1 N–H and O–H groups in total. The van der Waals surface area contributed by atoms with Gasteiger partial charge in [-0.2, -0.15) is 8.78 Å². The van der Waals surface area contributed by atoms with Crippen molar-refractivity contribution in [2.75, 3.05) is 18.5 Å². The topological polar surface area (TPSA) is 73.9 Å². The number of carbonyl (C=O) groups excluding carboxylic acids is 2. The van der Waals surface area contributed by atoms with Crippen molar-refractivity contribution in [3.63, 3.8) is 0 Å². The fourth-order valence-electron chi connectivity index (χ4n) is 2.07. The van der Waals surface area contributed by atoms with E-state index in [0.29, 0.717) is 0 Å². The van der Waals surface area contributed by atoms with Gasteiger partial charge in [0, 0.05) is 5.69 Å². The molecule has 9 heteroatoms. The maximum absolute atomic E-state index is 13.1. The lowest BCUT2D eigenvalue weighted by atomic mass is 10.2. The second kappa shape index (κ2) is 9.46. The van der Waals surface area contributed by atoms with Crippen LogP contribution in [0.25, 0.3) is 0 Å². The number of benzene rings is 2. The standard InChI is InChI=1S/C18H16F3NO5/c1-2-25-15-8-11(6-7-14(15)27-18(20)21)17(24)26-10-16(23)22-13-5-3-4-12(19)9-13/h3-9,18H,2,10H2,1H3,(H,22,23). The molecule has 0 fully saturated rings. The number of nitrogens with one attached hydrogen (secondary N) is 1. The summed E-state index contributed by atoms with van der Waals surface area (Å²) in [7, 11) is 0. The van der Waals surface area contributed by atoms with Crippen LogP contribution in [0.5, 0.6) is 11.5 Å². The maximum Gasteiger partial charge on any atom is 0.387 e. The first kappa shape index (κ1) is 20.1. The van der Waals surface area contributed by atoms with E-state index in [-0.39, 0.29) is 29.4 Å². The van der Waals surface area contributed by atoms with Crippen LogP contribution in [0.15, 0.2) is 42.5 Å². The average molecular weight is 383 g/mol. The molecule has 1 amide bonds. The van der Waals surface area contributed by atoms with Gasteiger partial charge in [0.15, 0.2) is 18.1 Å². The normalized spacial score (nSPS) is 10.4. The van der Waals surface area contributed by atoms with Gasteiger partial charge in [0.1, 0.15) is 5.82 Å². The van der Waals surface area contributed by atoms with Gasteiger partial charge in [-0.15, -0.1) is 0 Å². The first-order chi connectivity index (χ1) is 12.9. The molecule has 0 bridgehead atoms. The number of alkyl halides is 2. The van der Waals surface area contributed by atoms with Crippen LogP contribution in [-0.4, -0.2) is 31.7 Å². The third kappa shape index (κ3) is 6.21. The monoisotopic (exact) mass is 383 g/mol. The minimum Gasteiger partial charge on any atom is -0.490 e. The predicted octanol–water partition coefficient (Wildman–Crippen LogP) is 3.62. The lowest BCUT2D eigenvalue weighted by Crippen LogP contribution is -2.21. The first-order valence-corrected chi connectivity index (χ1v) is 7.83. The Bertz CT molecular complexity index is 813. The van der Waals surface area contributed by atoms with Crippen molar-refractivity contribution >= 4 is 17.6 Å². The molecular formula is C18H16F3NO5. The van der Waals surface area contributed by atoms with Crippen molar-refractivity contribution < 1.29 is 37.0 Å². The highest BCUT2D eigenvalue weighted by Gasteiger charge is 2.16. The van der Waals surface area contributed by atoms with Gasteiger partial charge >= 0.3 is 12.6 Å². The van der Waals surface area contributed by atoms with E-state index in [9.17, 15) is 22.8 Å². The SMILES string of the molecule is CCOc1cc(C(=O)OCC(=O)Nc2cccc(F)c2)ccc1OC(F)F. The molecule has 6 nitrogen and oxygen atoms in total. The van der Waals surface area contributed by atoms with Crippen molar-refractivity contribution in [3.05, 3.63) is 53.8 Å². The van der Waals surface area contributed by atoms with Crippen LogP contribution in [0.1, 0.15) is 17.3 Å². The van der Waals surface area contributed by atoms with Gasteiger partial charge in [-0.05, 0) is 43.3 Å². The molecular weight excluding hydrogens is 367 g/mol. The molecule has 2 rings (SSSR count). The van der Waals surface area contributed by atoms with Gasteiger partial charge in [-0.1, -0.05) is 6.07 Å². The molecule has 0 radical (unpaired) electrons. The fourth-order valence-corrected chi connectivity index (χ4v) is 2.07. The number of esters is 1. The highest BCUT2D eigenvalue weighted by molar-refractivity contribution is 5.95. The lowest BCUT2D eigenvalue weighted by molar-refractivity contribution is -0.119. The molecule has 0 aromatic heterocycles. The van der Waals surface area contributed by atoms with E-state index in [2.05, 4.69) is 10.1 Å². The summed E-state index contributed by atoms with van der Waals surface area (Å²) in [6.45, 7) is -1.87. The first-order valence-electron chi connectivity index (χ1n) is 7.83. The molecule has 0 saturated carbocycles. The van der Waals surface area contributed by atoms with Crippen LogP contribution in [0, 0.1) is 5.82 Å². The molecule has 0 aliphatic heterocycles. The second-order valence-electron chi connectivity index (χ2n) is 5.11. The minimum absolute atomic E-state index is 0.0152. The summed E-state index contributed by atoms with van der Waals surface area (Å²) >= 11 is 0. The predicted molar refractivity (Wildman–Crippen MR) is 89.6 cm³/mol. The number of rotatable bonds is 8. The fraction of sp³-hybridized carbons (Fsp3) is 0.222. The Labute approximate surface area is 152 Å². The molecule has 0 spiro atoms. The Hall–Kier alpha value is -3.23. The Morgan fingerprint density at radius 1 is 1.11 bits per heavy atom. The molecule has 0 unspecified atom stereocenters. The van der Waals surface area contributed by atoms with E-state index >= 15 is 0 Å². The Balaban J connectivity index is 1.98. The minimum atomic E-state index is -3.05. The summed E-state index contributed by atoms with van der Waals surface area (Å²) in [4.78, 5) is 23.8. The number of halogens is 3. The zero-order valence-electron chi connectivity index (χ0n) is 14.2. The van der Waals surface area contributed by atoms with Crippen LogP contribution in [0.4, 0.5) is 18.9 Å². The van der Waals surface area contributed by atoms with Gasteiger partial charge in [0.25, 0.3) is 5.91 Å². The number of hydrogen-bond donors (Lipinski definition) is 1.